The van der Waals surface area contributed by atoms with Crippen LogP contribution in [0, 0.1) is 20.8 Å². The third-order valence-electron chi connectivity index (χ3n) is 5.48. The highest BCUT2D eigenvalue weighted by atomic mass is 16.4. The second-order valence-electron chi connectivity index (χ2n) is 7.69. The number of carboxylic acid groups (broad SMARTS) is 1. The Morgan fingerprint density at radius 2 is 1.69 bits per heavy atom. The largest absolute Gasteiger partial charge is 0.478 e. The monoisotopic (exact) mass is 428 g/mol. The zero-order valence-corrected chi connectivity index (χ0v) is 18.8. The third kappa shape index (κ3) is 4.95. The Labute approximate surface area is 188 Å². The number of aromatic nitrogens is 1. The number of hydrogen-bond acceptors (Lipinski definition) is 4. The number of benzene rings is 3. The van der Waals surface area contributed by atoms with Crippen molar-refractivity contribution in [3.8, 4) is 11.3 Å². The Balaban J connectivity index is 0.000000195. The molecule has 1 aromatic heterocycles. The van der Waals surface area contributed by atoms with E-state index in [-0.39, 0.29) is 6.61 Å². The zero-order valence-electron chi connectivity index (χ0n) is 18.8. The fourth-order valence-corrected chi connectivity index (χ4v) is 3.79. The maximum Gasteiger partial charge on any atom is 0.336 e. The number of nitrogens with one attached hydrogen (secondary N) is 1. The molecule has 0 spiro atoms. The molecule has 0 saturated carbocycles. The molecule has 0 aliphatic carbocycles. The smallest absolute Gasteiger partial charge is 0.336 e. The molecule has 4 aromatic rings. The Morgan fingerprint density at radius 1 is 0.938 bits per heavy atom. The maximum atomic E-state index is 10.8. The quantitative estimate of drug-likeness (QED) is 0.386. The first kappa shape index (κ1) is 23.0. The normalized spacial score (nSPS) is 10.4. The van der Waals surface area contributed by atoms with Gasteiger partial charge in [-0.2, -0.15) is 0 Å². The number of carbonyl (C=O) groups is 1. The molecule has 0 saturated heterocycles. The minimum absolute atomic E-state index is 0.0560. The van der Waals surface area contributed by atoms with E-state index in [1.165, 1.54) is 10.9 Å². The van der Waals surface area contributed by atoms with Crippen LogP contribution in [0.15, 0.2) is 66.7 Å². The lowest BCUT2D eigenvalue weighted by molar-refractivity contribution is 0.0696. The SMILES string of the molecule is CNc1c(C)ccc(C(=O)O)c1C.Cc1cc(-c2cccc(CO)c2)nc2ccccc12. The van der Waals surface area contributed by atoms with Crippen LogP contribution in [0.5, 0.6) is 0 Å². The molecule has 3 aromatic carbocycles. The molecule has 4 rings (SSSR count). The Kier molecular flexibility index (Phi) is 7.23. The van der Waals surface area contributed by atoms with Gasteiger partial charge in [0.15, 0.2) is 0 Å². The van der Waals surface area contributed by atoms with Gasteiger partial charge < -0.3 is 15.5 Å². The molecule has 5 heteroatoms. The first-order valence-corrected chi connectivity index (χ1v) is 10.4. The minimum Gasteiger partial charge on any atom is -0.478 e. The standard InChI is InChI=1S/C17H15NO.C10H13NO2/c1-12-9-17(14-6-4-5-13(10-14)11-19)18-16-8-3-2-7-15(12)16;1-6-4-5-8(10(12)13)7(2)9(6)11-3/h2-10,19H,11H2,1H3;4-5,11H,1-3H3,(H,12,13). The minimum atomic E-state index is -0.881. The van der Waals surface area contributed by atoms with Gasteiger partial charge in [0.05, 0.1) is 23.4 Å². The van der Waals surface area contributed by atoms with Crippen molar-refractivity contribution >= 4 is 22.6 Å². The number of aromatic carboxylic acids is 1. The van der Waals surface area contributed by atoms with Crippen molar-refractivity contribution in [1.29, 1.82) is 0 Å². The molecule has 0 fully saturated rings. The number of nitrogens with zero attached hydrogens (tertiary/aromatic N) is 1. The fourth-order valence-electron chi connectivity index (χ4n) is 3.79. The van der Waals surface area contributed by atoms with Crippen LogP contribution in [0.3, 0.4) is 0 Å². The highest BCUT2D eigenvalue weighted by Gasteiger charge is 2.11. The summed E-state index contributed by atoms with van der Waals surface area (Å²) in [6.45, 7) is 5.91. The number of anilines is 1. The molecular weight excluding hydrogens is 400 g/mol. The molecular formula is C27H28N2O3. The van der Waals surface area contributed by atoms with Gasteiger partial charge in [-0.05, 0) is 67.3 Å². The van der Waals surface area contributed by atoms with E-state index >= 15 is 0 Å². The zero-order chi connectivity index (χ0) is 23.3. The number of aliphatic hydroxyl groups is 1. The van der Waals surface area contributed by atoms with Gasteiger partial charge >= 0.3 is 5.97 Å². The summed E-state index contributed by atoms with van der Waals surface area (Å²) in [6.07, 6.45) is 0. The van der Waals surface area contributed by atoms with E-state index in [9.17, 15) is 9.90 Å². The number of aliphatic hydroxyl groups excluding tert-OH is 1. The van der Waals surface area contributed by atoms with Crippen molar-refractivity contribution in [2.75, 3.05) is 12.4 Å². The Bertz CT molecular complexity index is 1270. The highest BCUT2D eigenvalue weighted by molar-refractivity contribution is 5.91. The molecule has 0 bridgehead atoms. The Morgan fingerprint density at radius 3 is 2.38 bits per heavy atom. The van der Waals surface area contributed by atoms with E-state index in [2.05, 4.69) is 24.4 Å². The summed E-state index contributed by atoms with van der Waals surface area (Å²) >= 11 is 0. The first-order chi connectivity index (χ1) is 15.3. The summed E-state index contributed by atoms with van der Waals surface area (Å²) in [5.41, 5.74) is 8.23. The summed E-state index contributed by atoms with van der Waals surface area (Å²) in [6, 6.07) is 21.6. The van der Waals surface area contributed by atoms with Crippen LogP contribution >= 0.6 is 0 Å². The fraction of sp³-hybridized carbons (Fsp3) is 0.185. The van der Waals surface area contributed by atoms with Gasteiger partial charge in [0, 0.05) is 23.7 Å². The van der Waals surface area contributed by atoms with Gasteiger partial charge in [0.2, 0.25) is 0 Å². The average Bonchev–Trinajstić information content (AvgIpc) is 2.79. The molecule has 0 aliphatic heterocycles. The number of hydrogen-bond donors (Lipinski definition) is 3. The van der Waals surface area contributed by atoms with E-state index in [4.69, 9.17) is 10.1 Å². The number of fused-ring (bicyclic) bond motifs is 1. The van der Waals surface area contributed by atoms with Crippen LogP contribution in [0.1, 0.15) is 32.6 Å². The van der Waals surface area contributed by atoms with Crippen molar-refractivity contribution in [3.05, 3.63) is 94.5 Å². The highest BCUT2D eigenvalue weighted by Crippen LogP contribution is 2.25. The summed E-state index contributed by atoms with van der Waals surface area (Å²) in [5.74, 6) is -0.881. The van der Waals surface area contributed by atoms with Gasteiger partial charge in [0.1, 0.15) is 0 Å². The topological polar surface area (TPSA) is 82.5 Å². The van der Waals surface area contributed by atoms with Crippen LogP contribution in [0.2, 0.25) is 0 Å². The number of aryl methyl sites for hydroxylation is 2. The summed E-state index contributed by atoms with van der Waals surface area (Å²) in [5, 5.41) is 22.2. The summed E-state index contributed by atoms with van der Waals surface area (Å²) in [7, 11) is 1.79. The van der Waals surface area contributed by atoms with Crippen molar-refractivity contribution in [2.24, 2.45) is 0 Å². The summed E-state index contributed by atoms with van der Waals surface area (Å²) in [4.78, 5) is 15.5. The van der Waals surface area contributed by atoms with Crippen LogP contribution in [-0.4, -0.2) is 28.2 Å². The van der Waals surface area contributed by atoms with E-state index < -0.39 is 5.97 Å². The maximum absolute atomic E-state index is 10.8. The van der Waals surface area contributed by atoms with Crippen LogP contribution < -0.4 is 5.32 Å². The summed E-state index contributed by atoms with van der Waals surface area (Å²) < 4.78 is 0. The Hall–Kier alpha value is -3.70. The van der Waals surface area contributed by atoms with E-state index in [0.717, 1.165) is 39.2 Å². The second-order valence-corrected chi connectivity index (χ2v) is 7.69. The molecule has 3 N–H and O–H groups in total. The van der Waals surface area contributed by atoms with Gasteiger partial charge in [-0.15, -0.1) is 0 Å². The van der Waals surface area contributed by atoms with Crippen molar-refractivity contribution in [3.63, 3.8) is 0 Å². The third-order valence-corrected chi connectivity index (χ3v) is 5.48. The van der Waals surface area contributed by atoms with Crippen LogP contribution in [-0.2, 0) is 6.61 Å². The van der Waals surface area contributed by atoms with Gasteiger partial charge in [-0.1, -0.05) is 42.5 Å². The average molecular weight is 429 g/mol. The number of carboxylic acids is 1. The lowest BCUT2D eigenvalue weighted by atomic mass is 10.0. The molecule has 0 aliphatic rings. The van der Waals surface area contributed by atoms with Crippen LogP contribution in [0.4, 0.5) is 5.69 Å². The van der Waals surface area contributed by atoms with Gasteiger partial charge in [0.25, 0.3) is 0 Å². The van der Waals surface area contributed by atoms with E-state index in [0.29, 0.717) is 5.56 Å². The van der Waals surface area contributed by atoms with Gasteiger partial charge in [-0.3, -0.25) is 0 Å². The molecule has 164 valence electrons. The molecule has 32 heavy (non-hydrogen) atoms. The van der Waals surface area contributed by atoms with Crippen molar-refractivity contribution < 1.29 is 15.0 Å². The van der Waals surface area contributed by atoms with E-state index in [1.54, 1.807) is 13.1 Å². The van der Waals surface area contributed by atoms with Gasteiger partial charge in [-0.25, -0.2) is 9.78 Å². The van der Waals surface area contributed by atoms with Crippen molar-refractivity contribution in [2.45, 2.75) is 27.4 Å². The molecule has 0 amide bonds. The number of rotatable bonds is 4. The lowest BCUT2D eigenvalue weighted by Gasteiger charge is -2.10. The van der Waals surface area contributed by atoms with E-state index in [1.807, 2.05) is 62.4 Å². The lowest BCUT2D eigenvalue weighted by Crippen LogP contribution is -2.04. The molecule has 1 heterocycles. The van der Waals surface area contributed by atoms with Crippen molar-refractivity contribution in [1.82, 2.24) is 4.98 Å². The predicted molar refractivity (Wildman–Crippen MR) is 130 cm³/mol. The molecule has 0 radical (unpaired) electrons. The second kappa shape index (κ2) is 10.1. The number of para-hydroxylation sites is 1. The molecule has 0 unspecified atom stereocenters. The first-order valence-electron chi connectivity index (χ1n) is 10.4. The molecule has 0 atom stereocenters. The van der Waals surface area contributed by atoms with Crippen LogP contribution in [0.25, 0.3) is 22.2 Å². The predicted octanol–water partition coefficient (Wildman–Crippen LogP) is 5.75. The number of pyridine rings is 1. The molecule has 5 nitrogen and oxygen atoms in total.